The molecule has 166 valence electrons. The van der Waals surface area contributed by atoms with E-state index in [4.69, 9.17) is 27.2 Å². The lowest BCUT2D eigenvalue weighted by Crippen LogP contribution is -2.03. The Morgan fingerprint density at radius 2 is 1.03 bits per heavy atom. The van der Waals surface area contributed by atoms with Gasteiger partial charge in [0.05, 0.1) is 0 Å². The minimum atomic E-state index is 0.599. The van der Waals surface area contributed by atoms with Crippen molar-refractivity contribution >= 4 is 46.0 Å². The van der Waals surface area contributed by atoms with Crippen LogP contribution in [-0.2, 0) is 0 Å². The summed E-state index contributed by atoms with van der Waals surface area (Å²) in [6, 6.07) is 36.2. The summed E-state index contributed by atoms with van der Waals surface area (Å²) in [5, 5.41) is 4.43. The molecular formula is C31H18BN3O. The van der Waals surface area contributed by atoms with Crippen LogP contribution in [0.4, 0.5) is 0 Å². The van der Waals surface area contributed by atoms with E-state index in [-0.39, 0.29) is 0 Å². The smallest absolute Gasteiger partial charge is 0.164 e. The van der Waals surface area contributed by atoms with E-state index in [0.29, 0.717) is 22.9 Å². The lowest BCUT2D eigenvalue weighted by Gasteiger charge is -2.08. The third kappa shape index (κ3) is 3.53. The van der Waals surface area contributed by atoms with Crippen LogP contribution in [0.15, 0.2) is 114 Å². The van der Waals surface area contributed by atoms with Crippen molar-refractivity contribution in [3.05, 3.63) is 109 Å². The summed E-state index contributed by atoms with van der Waals surface area (Å²) in [4.78, 5) is 14.5. The van der Waals surface area contributed by atoms with Crippen molar-refractivity contribution in [1.82, 2.24) is 15.0 Å². The van der Waals surface area contributed by atoms with Crippen molar-refractivity contribution in [3.63, 3.8) is 0 Å². The molecule has 4 nitrogen and oxygen atoms in total. The summed E-state index contributed by atoms with van der Waals surface area (Å²) >= 11 is 0. The highest BCUT2D eigenvalue weighted by atomic mass is 16.3. The van der Waals surface area contributed by atoms with Gasteiger partial charge in [-0.25, -0.2) is 15.0 Å². The molecular weight excluding hydrogens is 441 g/mol. The van der Waals surface area contributed by atoms with Crippen LogP contribution in [0.5, 0.6) is 0 Å². The highest BCUT2D eigenvalue weighted by Crippen LogP contribution is 2.35. The molecule has 0 aliphatic heterocycles. The molecule has 0 N–H and O–H groups in total. The monoisotopic (exact) mass is 459 g/mol. The third-order valence-electron chi connectivity index (χ3n) is 6.43. The number of benzene rings is 5. The summed E-state index contributed by atoms with van der Waals surface area (Å²) in [5.41, 5.74) is 5.10. The molecule has 7 rings (SSSR count). The first-order chi connectivity index (χ1) is 17.7. The molecule has 5 aromatic carbocycles. The van der Waals surface area contributed by atoms with Gasteiger partial charge in [-0.3, -0.25) is 0 Å². The molecule has 2 radical (unpaired) electrons. The first-order valence-corrected chi connectivity index (χ1v) is 11.7. The second-order valence-corrected chi connectivity index (χ2v) is 8.80. The Labute approximate surface area is 208 Å². The Kier molecular flexibility index (Phi) is 4.67. The number of furan rings is 1. The van der Waals surface area contributed by atoms with Crippen LogP contribution in [0.2, 0.25) is 0 Å². The lowest BCUT2D eigenvalue weighted by atomic mass is 9.95. The summed E-state index contributed by atoms with van der Waals surface area (Å²) in [7, 11) is 5.91. The maximum absolute atomic E-state index is 6.18. The molecule has 7 aromatic rings. The quantitative estimate of drug-likeness (QED) is 0.275. The minimum Gasteiger partial charge on any atom is -0.456 e. The Bertz CT molecular complexity index is 1890. The fourth-order valence-corrected chi connectivity index (χ4v) is 4.58. The number of fused-ring (bicyclic) bond motifs is 4. The lowest BCUT2D eigenvalue weighted by molar-refractivity contribution is 0.669. The first-order valence-electron chi connectivity index (χ1n) is 11.7. The van der Waals surface area contributed by atoms with E-state index in [1.165, 1.54) is 5.39 Å². The molecule has 0 saturated heterocycles. The number of nitrogens with zero attached hydrogens (tertiary/aromatic N) is 3. The average molecular weight is 459 g/mol. The zero-order valence-corrected chi connectivity index (χ0v) is 19.2. The molecule has 2 heterocycles. The number of hydrogen-bond donors (Lipinski definition) is 0. The van der Waals surface area contributed by atoms with Gasteiger partial charge in [-0.05, 0) is 41.1 Å². The second kappa shape index (κ2) is 8.17. The van der Waals surface area contributed by atoms with Gasteiger partial charge < -0.3 is 4.42 Å². The van der Waals surface area contributed by atoms with Gasteiger partial charge in [-0.2, -0.15) is 0 Å². The predicted molar refractivity (Wildman–Crippen MR) is 146 cm³/mol. The van der Waals surface area contributed by atoms with Crippen molar-refractivity contribution < 1.29 is 4.42 Å². The van der Waals surface area contributed by atoms with Crippen molar-refractivity contribution in [2.45, 2.75) is 0 Å². The SMILES string of the molecule is [B]c1ccc(-c2nc(-c3ccccc3)nc(-c3ccc4oc5cc6ccccc6cc5c4c3)n2)cc1. The zero-order valence-electron chi connectivity index (χ0n) is 19.2. The van der Waals surface area contributed by atoms with Crippen LogP contribution in [0, 0.1) is 0 Å². The fraction of sp³-hybridized carbons (Fsp3) is 0. The van der Waals surface area contributed by atoms with Crippen LogP contribution in [0.25, 0.3) is 66.9 Å². The minimum absolute atomic E-state index is 0.599. The van der Waals surface area contributed by atoms with Crippen molar-refractivity contribution in [3.8, 4) is 34.2 Å². The standard InChI is InChI=1S/C31H18BN3O/c32-24-13-10-20(11-14-24)30-33-29(19-6-2-1-3-7-19)34-31(35-30)23-12-15-27-25(17-23)26-16-21-8-4-5-9-22(21)18-28(26)36-27/h1-18H. The highest BCUT2D eigenvalue weighted by Gasteiger charge is 2.15. The Balaban J connectivity index is 1.44. The molecule has 0 amide bonds. The molecule has 0 aliphatic rings. The van der Waals surface area contributed by atoms with Crippen LogP contribution in [0.3, 0.4) is 0 Å². The predicted octanol–water partition coefficient (Wildman–Crippen LogP) is 6.72. The Morgan fingerprint density at radius 3 is 1.75 bits per heavy atom. The van der Waals surface area contributed by atoms with Crippen LogP contribution < -0.4 is 5.46 Å². The molecule has 0 atom stereocenters. The highest BCUT2D eigenvalue weighted by molar-refractivity contribution is 6.32. The summed E-state index contributed by atoms with van der Waals surface area (Å²) in [6.07, 6.45) is 0. The van der Waals surface area contributed by atoms with Gasteiger partial charge in [0.1, 0.15) is 19.0 Å². The molecule has 36 heavy (non-hydrogen) atoms. The normalized spacial score (nSPS) is 11.4. The topological polar surface area (TPSA) is 51.8 Å². The van der Waals surface area contributed by atoms with E-state index in [9.17, 15) is 0 Å². The van der Waals surface area contributed by atoms with Crippen LogP contribution >= 0.6 is 0 Å². The van der Waals surface area contributed by atoms with Gasteiger partial charge in [0.25, 0.3) is 0 Å². The van der Waals surface area contributed by atoms with Gasteiger partial charge in [0.2, 0.25) is 0 Å². The van der Waals surface area contributed by atoms with E-state index in [2.05, 4.69) is 36.4 Å². The van der Waals surface area contributed by atoms with Gasteiger partial charge in [0.15, 0.2) is 17.5 Å². The van der Waals surface area contributed by atoms with Crippen LogP contribution in [0.1, 0.15) is 0 Å². The molecule has 0 spiro atoms. The maximum Gasteiger partial charge on any atom is 0.164 e. The van der Waals surface area contributed by atoms with E-state index in [1.54, 1.807) is 0 Å². The fourth-order valence-electron chi connectivity index (χ4n) is 4.58. The average Bonchev–Trinajstić information content (AvgIpc) is 3.29. The third-order valence-corrected chi connectivity index (χ3v) is 6.43. The van der Waals surface area contributed by atoms with Crippen LogP contribution in [-0.4, -0.2) is 22.8 Å². The maximum atomic E-state index is 6.18. The van der Waals surface area contributed by atoms with Gasteiger partial charge >= 0.3 is 0 Å². The van der Waals surface area contributed by atoms with Crippen molar-refractivity contribution in [2.75, 3.05) is 0 Å². The van der Waals surface area contributed by atoms with E-state index < -0.39 is 0 Å². The largest absolute Gasteiger partial charge is 0.456 e. The number of aromatic nitrogens is 3. The molecule has 0 bridgehead atoms. The summed E-state index contributed by atoms with van der Waals surface area (Å²) in [5.74, 6) is 1.82. The van der Waals surface area contributed by atoms with E-state index >= 15 is 0 Å². The van der Waals surface area contributed by atoms with Gasteiger partial charge in [-0.1, -0.05) is 84.3 Å². The second-order valence-electron chi connectivity index (χ2n) is 8.80. The molecule has 0 fully saturated rings. The van der Waals surface area contributed by atoms with Crippen molar-refractivity contribution in [1.29, 1.82) is 0 Å². The van der Waals surface area contributed by atoms with E-state index in [0.717, 1.165) is 44.0 Å². The number of hydrogen-bond acceptors (Lipinski definition) is 4. The molecule has 5 heteroatoms. The Hall–Kier alpha value is -4.77. The zero-order chi connectivity index (χ0) is 24.1. The Morgan fingerprint density at radius 1 is 0.472 bits per heavy atom. The van der Waals surface area contributed by atoms with Crippen molar-refractivity contribution in [2.24, 2.45) is 0 Å². The van der Waals surface area contributed by atoms with Gasteiger partial charge in [0, 0.05) is 27.5 Å². The summed E-state index contributed by atoms with van der Waals surface area (Å²) < 4.78 is 6.18. The number of rotatable bonds is 3. The molecule has 0 aliphatic carbocycles. The summed E-state index contributed by atoms with van der Waals surface area (Å²) in [6.45, 7) is 0. The van der Waals surface area contributed by atoms with Gasteiger partial charge in [-0.15, -0.1) is 0 Å². The molecule has 0 unspecified atom stereocenters. The molecule has 0 saturated carbocycles. The van der Waals surface area contributed by atoms with E-state index in [1.807, 2.05) is 72.8 Å². The molecule has 2 aromatic heterocycles. The first kappa shape index (κ1) is 20.6.